The Hall–Kier alpha value is -0.770. The van der Waals surface area contributed by atoms with E-state index in [1.807, 2.05) is 0 Å². The molecule has 2 nitrogen and oxygen atoms in total. The largest absolute Gasteiger partial charge is 0.295 e. The minimum absolute atomic E-state index is 0.324. The van der Waals surface area contributed by atoms with E-state index in [1.54, 1.807) is 5.38 Å². The summed E-state index contributed by atoms with van der Waals surface area (Å²) in [5.74, 6) is 0. The number of nitrogens with zero attached hydrogens (tertiary/aromatic N) is 1. The Morgan fingerprint density at radius 2 is 2.36 bits per heavy atom. The molecule has 1 rings (SSSR count). The van der Waals surface area contributed by atoms with Gasteiger partial charge in [-0.1, -0.05) is 0 Å². The fourth-order valence-electron chi connectivity index (χ4n) is 0.615. The van der Waals surface area contributed by atoms with E-state index in [0.717, 1.165) is 11.3 Å². The zero-order valence-electron chi connectivity index (χ0n) is 6.30. The lowest BCUT2D eigenvalue weighted by Crippen LogP contribution is -2.09. The van der Waals surface area contributed by atoms with Crippen LogP contribution < -0.4 is 0 Å². The van der Waals surface area contributed by atoms with Crippen LogP contribution in [0.25, 0.3) is 0 Å². The second-order valence-corrected chi connectivity index (χ2v) is 3.55. The Kier molecular flexibility index (Phi) is 2.04. The third-order valence-electron chi connectivity index (χ3n) is 1.23. The van der Waals surface area contributed by atoms with Gasteiger partial charge in [0.05, 0.1) is 5.69 Å². The zero-order chi connectivity index (χ0) is 8.48. The minimum Gasteiger partial charge on any atom is -0.295 e. The summed E-state index contributed by atoms with van der Waals surface area (Å²) in [6.07, 6.45) is 0.625. The van der Waals surface area contributed by atoms with Crippen molar-refractivity contribution in [2.45, 2.75) is 19.5 Å². The Morgan fingerprint density at radius 3 is 2.64 bits per heavy atom. The number of rotatable bonds is 2. The molecule has 1 aromatic heterocycles. The molecule has 0 aliphatic carbocycles. The number of hydrogen-bond acceptors (Lipinski definition) is 3. The standard InChI is InChI=1S/C7H8FNOS/c1-7(2,8)5-4-11-6(3-10)9-5/h3-4H,1-2H3. The quantitative estimate of drug-likeness (QED) is 0.641. The smallest absolute Gasteiger partial charge is 0.178 e. The highest BCUT2D eigenvalue weighted by Gasteiger charge is 2.21. The maximum atomic E-state index is 13.1. The van der Waals surface area contributed by atoms with Gasteiger partial charge in [-0.25, -0.2) is 9.37 Å². The van der Waals surface area contributed by atoms with E-state index in [4.69, 9.17) is 0 Å². The lowest BCUT2D eigenvalue weighted by molar-refractivity contribution is 0.112. The molecule has 0 N–H and O–H groups in total. The number of hydrogen-bond donors (Lipinski definition) is 0. The summed E-state index contributed by atoms with van der Waals surface area (Å²) >= 11 is 1.16. The van der Waals surface area contributed by atoms with Gasteiger partial charge in [-0.05, 0) is 13.8 Å². The van der Waals surface area contributed by atoms with E-state index >= 15 is 0 Å². The van der Waals surface area contributed by atoms with Crippen LogP contribution in [-0.4, -0.2) is 11.3 Å². The molecule has 11 heavy (non-hydrogen) atoms. The van der Waals surface area contributed by atoms with Gasteiger partial charge in [-0.2, -0.15) is 0 Å². The Morgan fingerprint density at radius 1 is 1.73 bits per heavy atom. The lowest BCUT2D eigenvalue weighted by atomic mass is 10.1. The van der Waals surface area contributed by atoms with Crippen LogP contribution in [-0.2, 0) is 5.67 Å². The van der Waals surface area contributed by atoms with Gasteiger partial charge in [0.2, 0.25) is 0 Å². The Balaban J connectivity index is 2.98. The van der Waals surface area contributed by atoms with Crippen LogP contribution in [0.1, 0.15) is 29.3 Å². The topological polar surface area (TPSA) is 30.0 Å². The fraction of sp³-hybridized carbons (Fsp3) is 0.429. The van der Waals surface area contributed by atoms with E-state index in [2.05, 4.69) is 4.98 Å². The van der Waals surface area contributed by atoms with Gasteiger partial charge in [-0.3, -0.25) is 4.79 Å². The molecule has 0 radical (unpaired) electrons. The first-order valence-electron chi connectivity index (χ1n) is 3.14. The molecule has 1 heterocycles. The summed E-state index contributed by atoms with van der Waals surface area (Å²) < 4.78 is 13.1. The minimum atomic E-state index is -1.45. The molecule has 0 fully saturated rings. The molecule has 0 saturated carbocycles. The van der Waals surface area contributed by atoms with Crippen molar-refractivity contribution >= 4 is 17.6 Å². The normalized spacial score (nSPS) is 11.5. The van der Waals surface area contributed by atoms with Gasteiger partial charge in [-0.15, -0.1) is 11.3 Å². The molecule has 0 spiro atoms. The highest BCUT2D eigenvalue weighted by molar-refractivity contribution is 7.11. The number of halogens is 1. The van der Waals surface area contributed by atoms with E-state index < -0.39 is 5.67 Å². The number of thiazole rings is 1. The maximum absolute atomic E-state index is 13.1. The third kappa shape index (κ3) is 1.83. The number of carbonyl (C=O) groups is 1. The van der Waals surface area contributed by atoms with Gasteiger partial charge < -0.3 is 0 Å². The average molecular weight is 173 g/mol. The van der Waals surface area contributed by atoms with Crippen LogP contribution in [0.3, 0.4) is 0 Å². The van der Waals surface area contributed by atoms with Crippen molar-refractivity contribution in [3.05, 3.63) is 16.1 Å². The molecule has 0 aromatic carbocycles. The van der Waals surface area contributed by atoms with Crippen molar-refractivity contribution in [3.8, 4) is 0 Å². The third-order valence-corrected chi connectivity index (χ3v) is 2.00. The molecule has 0 unspecified atom stereocenters. The summed E-state index contributed by atoms with van der Waals surface area (Å²) in [6.45, 7) is 2.83. The van der Waals surface area contributed by atoms with Crippen molar-refractivity contribution in [2.24, 2.45) is 0 Å². The summed E-state index contributed by atoms with van der Waals surface area (Å²) in [5.41, 5.74) is -1.12. The number of carbonyl (C=O) groups excluding carboxylic acids is 1. The number of alkyl halides is 1. The second-order valence-electron chi connectivity index (χ2n) is 2.66. The summed E-state index contributed by atoms with van der Waals surface area (Å²) in [7, 11) is 0. The van der Waals surface area contributed by atoms with Crippen LogP contribution in [0, 0.1) is 0 Å². The van der Waals surface area contributed by atoms with Crippen molar-refractivity contribution in [2.75, 3.05) is 0 Å². The molecule has 0 aliphatic heterocycles. The van der Waals surface area contributed by atoms with Crippen LogP contribution in [0.4, 0.5) is 4.39 Å². The predicted molar refractivity (Wildman–Crippen MR) is 41.6 cm³/mol. The zero-order valence-corrected chi connectivity index (χ0v) is 7.11. The molecular weight excluding hydrogens is 165 g/mol. The van der Waals surface area contributed by atoms with Crippen molar-refractivity contribution < 1.29 is 9.18 Å². The second kappa shape index (κ2) is 2.70. The molecule has 60 valence electrons. The molecular formula is C7H8FNOS. The average Bonchev–Trinajstić information content (AvgIpc) is 2.32. The molecule has 0 bridgehead atoms. The van der Waals surface area contributed by atoms with E-state index in [-0.39, 0.29) is 0 Å². The van der Waals surface area contributed by atoms with Crippen molar-refractivity contribution in [1.29, 1.82) is 0 Å². The highest BCUT2D eigenvalue weighted by atomic mass is 32.1. The van der Waals surface area contributed by atoms with Gasteiger partial charge in [0.15, 0.2) is 11.3 Å². The first-order valence-corrected chi connectivity index (χ1v) is 4.02. The molecule has 1 aromatic rings. The van der Waals surface area contributed by atoms with Gasteiger partial charge >= 0.3 is 0 Å². The number of aromatic nitrogens is 1. The van der Waals surface area contributed by atoms with Crippen molar-refractivity contribution in [3.63, 3.8) is 0 Å². The van der Waals surface area contributed by atoms with Crippen LogP contribution in [0.2, 0.25) is 0 Å². The first-order chi connectivity index (χ1) is 5.04. The Labute approximate surface area is 68.1 Å². The van der Waals surface area contributed by atoms with E-state index in [1.165, 1.54) is 13.8 Å². The van der Waals surface area contributed by atoms with Crippen LogP contribution in [0.5, 0.6) is 0 Å². The first kappa shape index (κ1) is 8.33. The Bertz CT molecular complexity index is 264. The van der Waals surface area contributed by atoms with Gasteiger partial charge in [0.1, 0.15) is 5.67 Å². The summed E-state index contributed by atoms with van der Waals surface area (Å²) in [4.78, 5) is 13.9. The maximum Gasteiger partial charge on any atom is 0.178 e. The predicted octanol–water partition coefficient (Wildman–Crippen LogP) is 2.16. The summed E-state index contributed by atoms with van der Waals surface area (Å²) in [6, 6.07) is 0. The SMILES string of the molecule is CC(C)(F)c1csc(C=O)n1. The lowest BCUT2D eigenvalue weighted by Gasteiger charge is -2.08. The van der Waals surface area contributed by atoms with E-state index in [0.29, 0.717) is 17.0 Å². The highest BCUT2D eigenvalue weighted by Crippen LogP contribution is 2.24. The van der Waals surface area contributed by atoms with Crippen LogP contribution in [0.15, 0.2) is 5.38 Å². The number of aldehydes is 1. The van der Waals surface area contributed by atoms with Crippen LogP contribution >= 0.6 is 11.3 Å². The summed E-state index contributed by atoms with van der Waals surface area (Å²) in [5, 5.41) is 1.88. The van der Waals surface area contributed by atoms with Crippen molar-refractivity contribution in [1.82, 2.24) is 4.98 Å². The fourth-order valence-corrected chi connectivity index (χ4v) is 1.39. The van der Waals surface area contributed by atoms with Gasteiger partial charge in [0.25, 0.3) is 0 Å². The van der Waals surface area contributed by atoms with E-state index in [9.17, 15) is 9.18 Å². The monoisotopic (exact) mass is 173 g/mol. The molecule has 0 amide bonds. The molecule has 0 atom stereocenters. The molecule has 4 heteroatoms. The molecule has 0 aliphatic rings. The van der Waals surface area contributed by atoms with Gasteiger partial charge in [0, 0.05) is 5.38 Å². The molecule has 0 saturated heterocycles.